The van der Waals surface area contributed by atoms with Crippen LogP contribution in [0.4, 0.5) is 11.8 Å². The van der Waals surface area contributed by atoms with Crippen LogP contribution in [0.5, 0.6) is 0 Å². The molecule has 2 aromatic rings. The lowest BCUT2D eigenvalue weighted by Crippen LogP contribution is -2.38. The number of piperidine rings is 1. The summed E-state index contributed by atoms with van der Waals surface area (Å²) in [4.78, 5) is 10.9. The van der Waals surface area contributed by atoms with Crippen LogP contribution in [0.2, 0.25) is 0 Å². The molecule has 0 saturated carbocycles. The highest BCUT2D eigenvalue weighted by Crippen LogP contribution is 2.19. The summed E-state index contributed by atoms with van der Waals surface area (Å²) in [5.74, 6) is 2.71. The third-order valence-electron chi connectivity index (χ3n) is 4.01. The second-order valence-corrected chi connectivity index (χ2v) is 6.72. The maximum atomic E-state index is 9.81. The topological polar surface area (TPSA) is 87.3 Å². The minimum atomic E-state index is -0.279. The first-order chi connectivity index (χ1) is 11.6. The Morgan fingerprint density at radius 3 is 3.12 bits per heavy atom. The predicted octanol–water partition coefficient (Wildman–Crippen LogP) is 2.24. The highest BCUT2D eigenvalue weighted by molar-refractivity contribution is 5.43. The Morgan fingerprint density at radius 2 is 2.33 bits per heavy atom. The standard InChI is InChI=1S/C17H25N5O2/c1-12(2)8-13-9-15(24-21-13)10-19-17-18-6-5-16(20-17)22-7-3-4-14(23)11-22/h5-6,9,12,14,23H,3-4,7-8,10-11H2,1-2H3,(H,18,19,20)/t14-/m0/s1. The Bertz CT molecular complexity index is 658. The molecule has 0 spiro atoms. The Hall–Kier alpha value is -2.15. The molecule has 0 bridgehead atoms. The molecule has 130 valence electrons. The summed E-state index contributed by atoms with van der Waals surface area (Å²) in [5.41, 5.74) is 0.971. The van der Waals surface area contributed by atoms with Crippen LogP contribution in [0.25, 0.3) is 0 Å². The molecule has 1 aliphatic rings. The van der Waals surface area contributed by atoms with Gasteiger partial charge in [-0.05, 0) is 31.2 Å². The van der Waals surface area contributed by atoms with Crippen LogP contribution in [0.15, 0.2) is 22.9 Å². The Kier molecular flexibility index (Phi) is 5.30. The van der Waals surface area contributed by atoms with E-state index >= 15 is 0 Å². The number of aliphatic hydroxyl groups excluding tert-OH is 1. The van der Waals surface area contributed by atoms with Crippen LogP contribution in [0.1, 0.15) is 38.1 Å². The van der Waals surface area contributed by atoms with Gasteiger partial charge in [0.05, 0.1) is 18.3 Å². The van der Waals surface area contributed by atoms with Gasteiger partial charge >= 0.3 is 0 Å². The average Bonchev–Trinajstić information content (AvgIpc) is 3.00. The Morgan fingerprint density at radius 1 is 1.46 bits per heavy atom. The predicted molar refractivity (Wildman–Crippen MR) is 91.9 cm³/mol. The SMILES string of the molecule is CC(C)Cc1cc(CNc2nccc(N3CCC[C@H](O)C3)n2)on1. The molecule has 24 heavy (non-hydrogen) atoms. The molecule has 0 unspecified atom stereocenters. The first-order valence-electron chi connectivity index (χ1n) is 8.54. The van der Waals surface area contributed by atoms with Crippen LogP contribution >= 0.6 is 0 Å². The Balaban J connectivity index is 1.59. The van der Waals surface area contributed by atoms with Gasteiger partial charge in [0, 0.05) is 25.4 Å². The number of hydrogen-bond donors (Lipinski definition) is 2. The molecule has 2 N–H and O–H groups in total. The van der Waals surface area contributed by atoms with E-state index in [0.29, 0.717) is 25.0 Å². The fraction of sp³-hybridized carbons (Fsp3) is 0.588. The normalized spacial score (nSPS) is 18.2. The maximum Gasteiger partial charge on any atom is 0.224 e. The fourth-order valence-electron chi connectivity index (χ4n) is 2.89. The van der Waals surface area contributed by atoms with Gasteiger partial charge in [-0.3, -0.25) is 0 Å². The van der Waals surface area contributed by atoms with Gasteiger partial charge in [-0.2, -0.15) is 4.98 Å². The van der Waals surface area contributed by atoms with Gasteiger partial charge in [-0.25, -0.2) is 4.98 Å². The summed E-state index contributed by atoms with van der Waals surface area (Å²) in [7, 11) is 0. The van der Waals surface area contributed by atoms with Gasteiger partial charge in [0.2, 0.25) is 5.95 Å². The molecule has 2 aromatic heterocycles. The first kappa shape index (κ1) is 16.7. The lowest BCUT2D eigenvalue weighted by Gasteiger charge is -2.31. The Labute approximate surface area is 142 Å². The monoisotopic (exact) mass is 331 g/mol. The van der Waals surface area contributed by atoms with Crippen LogP contribution in [0.3, 0.4) is 0 Å². The van der Waals surface area contributed by atoms with Crippen LogP contribution in [-0.4, -0.2) is 39.4 Å². The number of β-amino-alcohol motifs (C(OH)–C–C–N with tert-alkyl or cyclic N) is 1. The van der Waals surface area contributed by atoms with Crippen molar-refractivity contribution >= 4 is 11.8 Å². The van der Waals surface area contributed by atoms with Crippen LogP contribution in [0, 0.1) is 5.92 Å². The number of nitrogens with one attached hydrogen (secondary N) is 1. The van der Waals surface area contributed by atoms with Crippen molar-refractivity contribution in [3.8, 4) is 0 Å². The van der Waals surface area contributed by atoms with Crippen LogP contribution in [-0.2, 0) is 13.0 Å². The molecule has 7 nitrogen and oxygen atoms in total. The number of aliphatic hydroxyl groups is 1. The van der Waals surface area contributed by atoms with Gasteiger partial charge in [0.15, 0.2) is 5.76 Å². The van der Waals surface area contributed by atoms with Gasteiger partial charge in [0.1, 0.15) is 5.82 Å². The second-order valence-electron chi connectivity index (χ2n) is 6.72. The van der Waals surface area contributed by atoms with E-state index in [1.165, 1.54) is 0 Å². The van der Waals surface area contributed by atoms with Crippen molar-refractivity contribution < 1.29 is 9.63 Å². The van der Waals surface area contributed by atoms with Crippen molar-refractivity contribution in [2.45, 2.75) is 45.8 Å². The summed E-state index contributed by atoms with van der Waals surface area (Å²) in [5, 5.41) is 17.1. The van der Waals surface area contributed by atoms with E-state index in [1.54, 1.807) is 6.20 Å². The lowest BCUT2D eigenvalue weighted by atomic mass is 10.1. The zero-order chi connectivity index (χ0) is 16.9. The number of aromatic nitrogens is 3. The molecule has 0 radical (unpaired) electrons. The minimum Gasteiger partial charge on any atom is -0.391 e. The van der Waals surface area contributed by atoms with Gasteiger partial charge in [-0.15, -0.1) is 0 Å². The molecule has 1 aliphatic heterocycles. The molecule has 3 heterocycles. The molecule has 7 heteroatoms. The molecule has 1 saturated heterocycles. The van der Waals surface area contributed by atoms with Gasteiger partial charge < -0.3 is 19.8 Å². The number of anilines is 2. The summed E-state index contributed by atoms with van der Waals surface area (Å²) in [6, 6.07) is 3.84. The third kappa shape index (κ3) is 4.44. The fourth-order valence-corrected chi connectivity index (χ4v) is 2.89. The highest BCUT2D eigenvalue weighted by atomic mass is 16.5. The van der Waals surface area contributed by atoms with E-state index in [1.807, 2.05) is 12.1 Å². The third-order valence-corrected chi connectivity index (χ3v) is 4.01. The maximum absolute atomic E-state index is 9.81. The van der Waals surface area contributed by atoms with Crippen molar-refractivity contribution in [1.29, 1.82) is 0 Å². The summed E-state index contributed by atoms with van der Waals surface area (Å²) >= 11 is 0. The average molecular weight is 331 g/mol. The quantitative estimate of drug-likeness (QED) is 0.839. The molecule has 1 atom stereocenters. The summed E-state index contributed by atoms with van der Waals surface area (Å²) in [6.45, 7) is 6.34. The van der Waals surface area contributed by atoms with E-state index in [-0.39, 0.29) is 6.10 Å². The van der Waals surface area contributed by atoms with E-state index < -0.39 is 0 Å². The molecule has 0 aromatic carbocycles. The van der Waals surface area contributed by atoms with E-state index in [4.69, 9.17) is 4.52 Å². The van der Waals surface area contributed by atoms with Crippen molar-refractivity contribution in [3.05, 3.63) is 29.8 Å². The van der Waals surface area contributed by atoms with Crippen molar-refractivity contribution in [2.75, 3.05) is 23.3 Å². The van der Waals surface area contributed by atoms with E-state index in [9.17, 15) is 5.11 Å². The molecular weight excluding hydrogens is 306 g/mol. The molecule has 1 fully saturated rings. The largest absolute Gasteiger partial charge is 0.391 e. The zero-order valence-electron chi connectivity index (χ0n) is 14.3. The van der Waals surface area contributed by atoms with Crippen LogP contribution < -0.4 is 10.2 Å². The van der Waals surface area contributed by atoms with Crippen molar-refractivity contribution in [1.82, 2.24) is 15.1 Å². The number of hydrogen-bond acceptors (Lipinski definition) is 7. The zero-order valence-corrected chi connectivity index (χ0v) is 14.3. The minimum absolute atomic E-state index is 0.279. The van der Waals surface area contributed by atoms with Gasteiger partial charge in [0.25, 0.3) is 0 Å². The molecule has 0 amide bonds. The molecule has 0 aliphatic carbocycles. The smallest absolute Gasteiger partial charge is 0.224 e. The molecule has 3 rings (SSSR count). The molecular formula is C17H25N5O2. The second kappa shape index (κ2) is 7.61. The number of rotatable bonds is 6. The van der Waals surface area contributed by atoms with Gasteiger partial charge in [-0.1, -0.05) is 19.0 Å². The lowest BCUT2D eigenvalue weighted by molar-refractivity contribution is 0.154. The van der Waals surface area contributed by atoms with E-state index in [2.05, 4.69) is 39.2 Å². The number of nitrogens with zero attached hydrogens (tertiary/aromatic N) is 4. The summed E-state index contributed by atoms with van der Waals surface area (Å²) < 4.78 is 5.34. The van der Waals surface area contributed by atoms with Crippen molar-refractivity contribution in [2.24, 2.45) is 5.92 Å². The van der Waals surface area contributed by atoms with E-state index in [0.717, 1.165) is 43.1 Å². The van der Waals surface area contributed by atoms with Crippen molar-refractivity contribution in [3.63, 3.8) is 0 Å². The summed E-state index contributed by atoms with van der Waals surface area (Å²) in [6.07, 6.45) is 4.20. The first-order valence-corrected chi connectivity index (χ1v) is 8.54. The highest BCUT2D eigenvalue weighted by Gasteiger charge is 2.19.